The maximum Gasteiger partial charge on any atom is 0.223 e. The zero-order valence-electron chi connectivity index (χ0n) is 10.8. The van der Waals surface area contributed by atoms with E-state index in [9.17, 15) is 9.59 Å². The van der Waals surface area contributed by atoms with E-state index in [1.54, 1.807) is 11.0 Å². The molecule has 0 saturated carbocycles. The summed E-state index contributed by atoms with van der Waals surface area (Å²) in [4.78, 5) is 24.0. The van der Waals surface area contributed by atoms with Crippen LogP contribution < -0.4 is 10.2 Å². The fourth-order valence-electron chi connectivity index (χ4n) is 1.56. The van der Waals surface area contributed by atoms with Gasteiger partial charge in [-0.2, -0.15) is 0 Å². The third kappa shape index (κ3) is 4.04. The van der Waals surface area contributed by atoms with E-state index in [2.05, 4.69) is 5.32 Å². The van der Waals surface area contributed by atoms with Gasteiger partial charge in [0.2, 0.25) is 11.8 Å². The van der Waals surface area contributed by atoms with Crippen LogP contribution in [0, 0.1) is 6.92 Å². The Morgan fingerprint density at radius 1 is 1.33 bits per heavy atom. The molecular weight excluding hydrogens is 252 g/mol. The first-order chi connectivity index (χ1) is 8.41. The molecule has 0 bridgehead atoms. The zero-order chi connectivity index (χ0) is 13.7. The van der Waals surface area contributed by atoms with Gasteiger partial charge < -0.3 is 10.2 Å². The lowest BCUT2D eigenvalue weighted by Gasteiger charge is -2.21. The van der Waals surface area contributed by atoms with E-state index in [1.165, 1.54) is 13.8 Å². The quantitative estimate of drug-likeness (QED) is 0.910. The number of nitrogens with one attached hydrogen (secondary N) is 1. The minimum atomic E-state index is -0.111. The Morgan fingerprint density at radius 2 is 2.00 bits per heavy atom. The van der Waals surface area contributed by atoms with Crippen molar-refractivity contribution in [1.29, 1.82) is 0 Å². The van der Waals surface area contributed by atoms with Gasteiger partial charge in [-0.1, -0.05) is 17.7 Å². The van der Waals surface area contributed by atoms with Gasteiger partial charge in [-0.3, -0.25) is 9.59 Å². The highest BCUT2D eigenvalue weighted by atomic mass is 35.5. The second-order valence-electron chi connectivity index (χ2n) is 4.09. The molecule has 2 amide bonds. The van der Waals surface area contributed by atoms with E-state index in [-0.39, 0.29) is 11.8 Å². The summed E-state index contributed by atoms with van der Waals surface area (Å²) in [5.74, 6) is -0.194. The van der Waals surface area contributed by atoms with Crippen LogP contribution >= 0.6 is 11.6 Å². The number of hydrogen-bond donors (Lipinski definition) is 1. The van der Waals surface area contributed by atoms with Crippen molar-refractivity contribution in [2.45, 2.75) is 20.8 Å². The van der Waals surface area contributed by atoms with E-state index >= 15 is 0 Å². The summed E-state index contributed by atoms with van der Waals surface area (Å²) in [5, 5.41) is 3.28. The third-order valence-electron chi connectivity index (χ3n) is 2.56. The normalized spacial score (nSPS) is 10.0. The maximum absolute atomic E-state index is 11.6. The maximum atomic E-state index is 11.6. The molecule has 18 heavy (non-hydrogen) atoms. The van der Waals surface area contributed by atoms with Crippen LogP contribution in [0.1, 0.15) is 19.4 Å². The molecule has 5 heteroatoms. The van der Waals surface area contributed by atoms with Gasteiger partial charge in [-0.25, -0.2) is 0 Å². The molecule has 4 nitrogen and oxygen atoms in total. The summed E-state index contributed by atoms with van der Waals surface area (Å²) < 4.78 is 0. The van der Waals surface area contributed by atoms with Gasteiger partial charge in [0.05, 0.1) is 0 Å². The van der Waals surface area contributed by atoms with Crippen molar-refractivity contribution in [3.05, 3.63) is 28.8 Å². The third-order valence-corrected chi connectivity index (χ3v) is 2.96. The number of anilines is 1. The average molecular weight is 269 g/mol. The Balaban J connectivity index is 2.80. The van der Waals surface area contributed by atoms with Crippen molar-refractivity contribution >= 4 is 29.1 Å². The lowest BCUT2D eigenvalue weighted by atomic mass is 10.2. The van der Waals surface area contributed by atoms with Crippen molar-refractivity contribution in [1.82, 2.24) is 5.32 Å². The first-order valence-electron chi connectivity index (χ1n) is 5.70. The lowest BCUT2D eigenvalue weighted by molar-refractivity contribution is -0.119. The topological polar surface area (TPSA) is 49.4 Å². The Labute approximate surface area is 112 Å². The zero-order valence-corrected chi connectivity index (χ0v) is 11.5. The molecule has 0 radical (unpaired) electrons. The number of nitrogens with zero attached hydrogens (tertiary/aromatic N) is 1. The van der Waals surface area contributed by atoms with Gasteiger partial charge in [-0.15, -0.1) is 0 Å². The molecule has 98 valence electrons. The minimum absolute atomic E-state index is 0.0831. The number of hydrogen-bond acceptors (Lipinski definition) is 2. The second kappa shape index (κ2) is 6.40. The number of benzene rings is 1. The largest absolute Gasteiger partial charge is 0.355 e. The molecule has 0 spiro atoms. The molecule has 1 N–H and O–H groups in total. The highest BCUT2D eigenvalue weighted by Crippen LogP contribution is 2.23. The molecule has 0 heterocycles. The first kappa shape index (κ1) is 14.5. The predicted octanol–water partition coefficient (Wildman–Crippen LogP) is 2.14. The van der Waals surface area contributed by atoms with Gasteiger partial charge in [0.25, 0.3) is 0 Å². The van der Waals surface area contributed by atoms with Gasteiger partial charge >= 0.3 is 0 Å². The summed E-state index contributed by atoms with van der Waals surface area (Å²) >= 11 is 6.04. The standard InChI is InChI=1S/C13H17ClN2O2/c1-9-4-5-12(8-13(9)14)16(11(3)18)7-6-15-10(2)17/h4-5,8H,6-7H2,1-3H3,(H,15,17). The van der Waals surface area contributed by atoms with Crippen LogP contribution in [0.2, 0.25) is 5.02 Å². The number of halogens is 1. The number of carbonyl (C=O) groups is 2. The van der Waals surface area contributed by atoms with Crippen molar-refractivity contribution in [3.63, 3.8) is 0 Å². The number of amides is 2. The summed E-state index contributed by atoms with van der Waals surface area (Å²) in [6, 6.07) is 5.47. The molecule has 0 aromatic heterocycles. The van der Waals surface area contributed by atoms with Crippen LogP contribution in [0.25, 0.3) is 0 Å². The van der Waals surface area contributed by atoms with Gasteiger partial charge in [-0.05, 0) is 24.6 Å². The highest BCUT2D eigenvalue weighted by molar-refractivity contribution is 6.31. The van der Waals surface area contributed by atoms with E-state index in [0.717, 1.165) is 11.3 Å². The molecule has 0 aliphatic rings. The molecule has 0 aliphatic heterocycles. The number of carbonyl (C=O) groups excluding carboxylic acids is 2. The van der Waals surface area contributed by atoms with Crippen molar-refractivity contribution in [2.75, 3.05) is 18.0 Å². The van der Waals surface area contributed by atoms with Crippen LogP contribution in [0.3, 0.4) is 0 Å². The predicted molar refractivity (Wildman–Crippen MR) is 72.9 cm³/mol. The monoisotopic (exact) mass is 268 g/mol. The molecule has 1 aromatic carbocycles. The van der Waals surface area contributed by atoms with Gasteiger partial charge in [0.1, 0.15) is 0 Å². The van der Waals surface area contributed by atoms with Crippen LogP contribution in [0.15, 0.2) is 18.2 Å². The van der Waals surface area contributed by atoms with Gasteiger partial charge in [0.15, 0.2) is 0 Å². The fraction of sp³-hybridized carbons (Fsp3) is 0.385. The highest BCUT2D eigenvalue weighted by Gasteiger charge is 2.12. The van der Waals surface area contributed by atoms with Crippen LogP contribution in [0.4, 0.5) is 5.69 Å². The molecule has 1 rings (SSSR count). The first-order valence-corrected chi connectivity index (χ1v) is 6.08. The van der Waals surface area contributed by atoms with Crippen LogP contribution in [-0.2, 0) is 9.59 Å². The average Bonchev–Trinajstić information content (AvgIpc) is 2.27. The second-order valence-corrected chi connectivity index (χ2v) is 4.49. The number of aryl methyl sites for hydroxylation is 1. The van der Waals surface area contributed by atoms with Crippen LogP contribution in [0.5, 0.6) is 0 Å². The van der Waals surface area contributed by atoms with Crippen molar-refractivity contribution < 1.29 is 9.59 Å². The summed E-state index contributed by atoms with van der Waals surface area (Å²) in [6.45, 7) is 5.68. The smallest absolute Gasteiger partial charge is 0.223 e. The van der Waals surface area contributed by atoms with Crippen molar-refractivity contribution in [2.24, 2.45) is 0 Å². The van der Waals surface area contributed by atoms with Gasteiger partial charge in [0, 0.05) is 37.6 Å². The molecular formula is C13H17ClN2O2. The molecule has 0 saturated heterocycles. The van der Waals surface area contributed by atoms with Crippen molar-refractivity contribution in [3.8, 4) is 0 Å². The van der Waals surface area contributed by atoms with E-state index in [0.29, 0.717) is 18.1 Å². The van der Waals surface area contributed by atoms with Crippen LogP contribution in [-0.4, -0.2) is 24.9 Å². The molecule has 0 fully saturated rings. The Hall–Kier alpha value is -1.55. The molecule has 1 aromatic rings. The van der Waals surface area contributed by atoms with E-state index in [1.807, 2.05) is 19.1 Å². The lowest BCUT2D eigenvalue weighted by Crippen LogP contribution is -2.36. The SMILES string of the molecule is CC(=O)NCCN(C(C)=O)c1ccc(C)c(Cl)c1. The minimum Gasteiger partial charge on any atom is -0.355 e. The van der Waals surface area contributed by atoms with E-state index < -0.39 is 0 Å². The summed E-state index contributed by atoms with van der Waals surface area (Å²) in [7, 11) is 0. The molecule has 0 atom stereocenters. The fourth-order valence-corrected chi connectivity index (χ4v) is 1.74. The Bertz CT molecular complexity index is 460. The molecule has 0 aliphatic carbocycles. The number of rotatable bonds is 4. The molecule has 0 unspecified atom stereocenters. The summed E-state index contributed by atoms with van der Waals surface area (Å²) in [6.07, 6.45) is 0. The Kier molecular flexibility index (Phi) is 5.16. The van der Waals surface area contributed by atoms with E-state index in [4.69, 9.17) is 11.6 Å². The Morgan fingerprint density at radius 3 is 2.50 bits per heavy atom. The summed E-state index contributed by atoms with van der Waals surface area (Å²) in [5.41, 5.74) is 1.70.